The maximum atomic E-state index is 12.8. The predicted octanol–water partition coefficient (Wildman–Crippen LogP) is 4.24. The van der Waals surface area contributed by atoms with Crippen LogP contribution in [0.5, 0.6) is 0 Å². The molecule has 0 spiro atoms. The molecule has 0 fully saturated rings. The molecule has 0 amide bonds. The van der Waals surface area contributed by atoms with Crippen molar-refractivity contribution in [2.24, 2.45) is 0 Å². The molecule has 1 aromatic heterocycles. The van der Waals surface area contributed by atoms with Crippen molar-refractivity contribution < 1.29 is 8.42 Å². The maximum Gasteiger partial charge on any atom is 0.241 e. The molecule has 1 heterocycles. The second-order valence-electron chi connectivity index (χ2n) is 6.91. The van der Waals surface area contributed by atoms with Crippen molar-refractivity contribution in [3.63, 3.8) is 0 Å². The molecule has 0 saturated carbocycles. The van der Waals surface area contributed by atoms with Crippen molar-refractivity contribution in [1.82, 2.24) is 9.29 Å². The van der Waals surface area contributed by atoms with Gasteiger partial charge >= 0.3 is 0 Å². The molecule has 2 aromatic carbocycles. The molecule has 3 aromatic rings. The van der Waals surface area contributed by atoms with Gasteiger partial charge in [0.25, 0.3) is 0 Å². The molecule has 0 aliphatic rings. The smallest absolute Gasteiger partial charge is 0.241 e. The number of benzene rings is 2. The Labute approximate surface area is 155 Å². The largest absolute Gasteiger partial charge is 0.347 e. The van der Waals surface area contributed by atoms with E-state index in [9.17, 15) is 8.42 Å². The highest BCUT2D eigenvalue weighted by atomic mass is 32.2. The topological polar surface area (TPSA) is 51.1 Å². The lowest BCUT2D eigenvalue weighted by atomic mass is 10.0. The monoisotopic (exact) mass is 370 g/mol. The van der Waals surface area contributed by atoms with Gasteiger partial charge in [-0.1, -0.05) is 24.3 Å². The quantitative estimate of drug-likeness (QED) is 0.660. The van der Waals surface area contributed by atoms with Gasteiger partial charge < -0.3 is 4.57 Å². The van der Waals surface area contributed by atoms with Crippen LogP contribution in [-0.4, -0.2) is 19.5 Å². The number of hydrogen-bond donors (Lipinski definition) is 1. The van der Waals surface area contributed by atoms with Gasteiger partial charge in [0.15, 0.2) is 0 Å². The highest BCUT2D eigenvalue weighted by molar-refractivity contribution is 7.89. The molecular formula is C21H26N2O2S. The molecule has 0 aliphatic heterocycles. The number of hydrogen-bond acceptors (Lipinski definition) is 2. The van der Waals surface area contributed by atoms with Crippen LogP contribution in [0.25, 0.3) is 10.9 Å². The lowest BCUT2D eigenvalue weighted by Gasteiger charge is -2.16. The number of para-hydroxylation sites is 1. The van der Waals surface area contributed by atoms with Crippen molar-refractivity contribution in [1.29, 1.82) is 0 Å². The van der Waals surface area contributed by atoms with Crippen LogP contribution in [0.15, 0.2) is 47.5 Å². The zero-order chi connectivity index (χ0) is 18.9. The van der Waals surface area contributed by atoms with Crippen LogP contribution in [0.2, 0.25) is 0 Å². The molecule has 4 nitrogen and oxygen atoms in total. The highest BCUT2D eigenvalue weighted by Gasteiger charge is 2.21. The van der Waals surface area contributed by atoms with Crippen LogP contribution in [0.3, 0.4) is 0 Å². The van der Waals surface area contributed by atoms with Gasteiger partial charge in [-0.3, -0.25) is 0 Å². The molecule has 138 valence electrons. The molecule has 26 heavy (non-hydrogen) atoms. The van der Waals surface area contributed by atoms with E-state index >= 15 is 0 Å². The van der Waals surface area contributed by atoms with Gasteiger partial charge in [0.2, 0.25) is 10.0 Å². The summed E-state index contributed by atoms with van der Waals surface area (Å²) < 4.78 is 30.6. The Morgan fingerprint density at radius 1 is 0.962 bits per heavy atom. The fraction of sp³-hybridized carbons (Fsp3) is 0.333. The highest BCUT2D eigenvalue weighted by Crippen LogP contribution is 2.25. The Morgan fingerprint density at radius 3 is 2.31 bits per heavy atom. The van der Waals surface area contributed by atoms with Crippen LogP contribution in [0.1, 0.15) is 28.7 Å². The van der Waals surface area contributed by atoms with E-state index in [1.807, 2.05) is 45.9 Å². The van der Waals surface area contributed by atoms with E-state index in [0.29, 0.717) is 11.4 Å². The zero-order valence-electron chi connectivity index (χ0n) is 15.8. The van der Waals surface area contributed by atoms with Gasteiger partial charge in [-0.05, 0) is 73.9 Å². The summed E-state index contributed by atoms with van der Waals surface area (Å²) in [6.45, 7) is 8.86. The molecule has 1 N–H and O–H groups in total. The second-order valence-corrected chi connectivity index (χ2v) is 8.61. The fourth-order valence-corrected chi connectivity index (χ4v) is 5.13. The molecule has 3 rings (SSSR count). The summed E-state index contributed by atoms with van der Waals surface area (Å²) >= 11 is 0. The molecule has 0 aliphatic carbocycles. The number of nitrogens with zero attached hydrogens (tertiary/aromatic N) is 1. The van der Waals surface area contributed by atoms with Crippen molar-refractivity contribution >= 4 is 20.9 Å². The lowest BCUT2D eigenvalue weighted by Crippen LogP contribution is -2.27. The number of rotatable bonds is 6. The van der Waals surface area contributed by atoms with E-state index in [4.69, 9.17) is 0 Å². The minimum Gasteiger partial charge on any atom is -0.347 e. The maximum absolute atomic E-state index is 12.8. The summed E-state index contributed by atoms with van der Waals surface area (Å²) in [7, 11) is -3.51. The normalized spacial score (nSPS) is 12.0. The fourth-order valence-electron chi connectivity index (χ4n) is 3.45. The average molecular weight is 371 g/mol. The minimum absolute atomic E-state index is 0.417. The van der Waals surface area contributed by atoms with Crippen LogP contribution >= 0.6 is 0 Å². The Balaban J connectivity index is 1.70. The second kappa shape index (κ2) is 7.25. The standard InChI is InChI=1S/C21H26N2O2S/c1-15-14-16(2)18(4)21(17(15)3)26(24,25)22-11-7-12-23-13-10-19-8-5-6-9-20(19)23/h5-6,8-10,13-14,22H,7,11-12H2,1-4H3. The van der Waals surface area contributed by atoms with Crippen LogP contribution in [0.4, 0.5) is 0 Å². The third-order valence-corrected chi connectivity index (χ3v) is 6.85. The van der Waals surface area contributed by atoms with E-state index < -0.39 is 10.0 Å². The summed E-state index contributed by atoms with van der Waals surface area (Å²) in [6, 6.07) is 12.3. The Bertz CT molecular complexity index is 1020. The summed E-state index contributed by atoms with van der Waals surface area (Å²) in [5.74, 6) is 0. The zero-order valence-corrected chi connectivity index (χ0v) is 16.7. The molecule has 0 radical (unpaired) electrons. The van der Waals surface area contributed by atoms with Gasteiger partial charge in [-0.25, -0.2) is 13.1 Å². The van der Waals surface area contributed by atoms with E-state index in [1.54, 1.807) is 0 Å². The molecule has 0 unspecified atom stereocenters. The van der Waals surface area contributed by atoms with Gasteiger partial charge in [-0.15, -0.1) is 0 Å². The predicted molar refractivity (Wildman–Crippen MR) is 107 cm³/mol. The van der Waals surface area contributed by atoms with E-state index in [2.05, 4.69) is 33.7 Å². The SMILES string of the molecule is Cc1cc(C)c(C)c(S(=O)(=O)NCCCn2ccc3ccccc32)c1C. The Kier molecular flexibility index (Phi) is 5.21. The van der Waals surface area contributed by atoms with Crippen LogP contribution in [0, 0.1) is 27.7 Å². The van der Waals surface area contributed by atoms with Crippen molar-refractivity contribution in [3.05, 3.63) is 64.8 Å². The van der Waals surface area contributed by atoms with E-state index in [0.717, 1.165) is 35.2 Å². The number of fused-ring (bicyclic) bond motifs is 1. The average Bonchev–Trinajstić information content (AvgIpc) is 3.00. The molecule has 0 saturated heterocycles. The molecule has 5 heteroatoms. The molecule has 0 bridgehead atoms. The van der Waals surface area contributed by atoms with Gasteiger partial charge in [0.1, 0.15) is 0 Å². The summed E-state index contributed by atoms with van der Waals surface area (Å²) in [4.78, 5) is 0.432. The third-order valence-electron chi connectivity index (χ3n) is 5.11. The van der Waals surface area contributed by atoms with Crippen LogP contribution < -0.4 is 4.72 Å². The van der Waals surface area contributed by atoms with Crippen molar-refractivity contribution in [3.8, 4) is 0 Å². The van der Waals surface area contributed by atoms with Crippen molar-refractivity contribution in [2.75, 3.05) is 6.54 Å². The first-order valence-electron chi connectivity index (χ1n) is 8.92. The third kappa shape index (κ3) is 3.55. The summed E-state index contributed by atoms with van der Waals surface area (Å²) in [5.41, 5.74) is 4.85. The van der Waals surface area contributed by atoms with E-state index in [-0.39, 0.29) is 0 Å². The first-order valence-corrected chi connectivity index (χ1v) is 10.4. The number of nitrogens with one attached hydrogen (secondary N) is 1. The molecule has 0 atom stereocenters. The molecular weight excluding hydrogens is 344 g/mol. The summed E-state index contributed by atoms with van der Waals surface area (Å²) in [5, 5.41) is 1.20. The first kappa shape index (κ1) is 18.7. The Hall–Kier alpha value is -2.11. The first-order chi connectivity index (χ1) is 12.3. The van der Waals surface area contributed by atoms with Gasteiger partial charge in [0, 0.05) is 24.8 Å². The van der Waals surface area contributed by atoms with Crippen molar-refractivity contribution in [2.45, 2.75) is 45.6 Å². The lowest BCUT2D eigenvalue weighted by molar-refractivity contribution is 0.570. The summed E-state index contributed by atoms with van der Waals surface area (Å²) in [6.07, 6.45) is 2.79. The minimum atomic E-state index is -3.51. The number of aryl methyl sites for hydroxylation is 3. The number of sulfonamides is 1. The number of aromatic nitrogens is 1. The van der Waals surface area contributed by atoms with E-state index in [1.165, 1.54) is 10.9 Å². The Morgan fingerprint density at radius 2 is 1.62 bits per heavy atom. The van der Waals surface area contributed by atoms with Gasteiger partial charge in [-0.2, -0.15) is 0 Å². The van der Waals surface area contributed by atoms with Gasteiger partial charge in [0.05, 0.1) is 4.90 Å². The van der Waals surface area contributed by atoms with Crippen LogP contribution in [-0.2, 0) is 16.6 Å².